The number of methoxy groups -OCH3 is 3. The molecule has 236 valence electrons. The van der Waals surface area contributed by atoms with Crippen LogP contribution in [0.5, 0.6) is 17.2 Å². The number of nitrogens with zero attached hydrogens (tertiary/aromatic N) is 1. The second kappa shape index (κ2) is 13.8. The van der Waals surface area contributed by atoms with Crippen LogP contribution in [0.4, 0.5) is 5.69 Å². The Bertz CT molecular complexity index is 1580. The first-order valence-electron chi connectivity index (χ1n) is 14.9. The number of rotatable bonds is 11. The molecule has 0 saturated heterocycles. The van der Waals surface area contributed by atoms with E-state index in [1.54, 1.807) is 33.5 Å². The second-order valence-corrected chi connectivity index (χ2v) is 11.2. The maximum atomic E-state index is 13.8. The van der Waals surface area contributed by atoms with Crippen molar-refractivity contribution < 1.29 is 23.8 Å². The number of carbonyl (C=O) groups is 2. The maximum Gasteiger partial charge on any atom is 0.243 e. The van der Waals surface area contributed by atoms with E-state index in [1.165, 1.54) is 6.92 Å². The Morgan fingerprint density at radius 3 is 2.41 bits per heavy atom. The van der Waals surface area contributed by atoms with Gasteiger partial charge in [-0.15, -0.1) is 0 Å². The number of nitrogens with one attached hydrogen (secondary N) is 4. The van der Waals surface area contributed by atoms with Crippen LogP contribution in [-0.4, -0.2) is 49.4 Å². The van der Waals surface area contributed by atoms with Crippen LogP contribution in [-0.2, 0) is 22.6 Å². The molecule has 11 heteroatoms. The molecule has 0 fully saturated rings. The van der Waals surface area contributed by atoms with Crippen LogP contribution in [0.3, 0.4) is 0 Å². The van der Waals surface area contributed by atoms with Crippen molar-refractivity contribution in [2.24, 2.45) is 5.92 Å². The minimum absolute atomic E-state index is 0.0750. The number of hydrogen-bond donors (Lipinski definition) is 4. The molecule has 0 radical (unpaired) electrons. The molecular formula is C33H43N5O6. The Labute approximate surface area is 258 Å². The van der Waals surface area contributed by atoms with E-state index in [4.69, 9.17) is 14.2 Å². The molecule has 1 aliphatic carbocycles. The predicted octanol–water partition coefficient (Wildman–Crippen LogP) is 4.35. The maximum absolute atomic E-state index is 13.8. The third-order valence-electron chi connectivity index (χ3n) is 8.44. The van der Waals surface area contributed by atoms with Crippen LogP contribution in [0.2, 0.25) is 0 Å². The molecule has 0 bridgehead atoms. The smallest absolute Gasteiger partial charge is 0.243 e. The molecule has 11 nitrogen and oxygen atoms in total. The number of fused-ring (bicyclic) bond motifs is 3. The van der Waals surface area contributed by atoms with Gasteiger partial charge in [-0.1, -0.05) is 26.3 Å². The second-order valence-electron chi connectivity index (χ2n) is 11.2. The number of ether oxygens (including phenoxy) is 3. The van der Waals surface area contributed by atoms with Crippen molar-refractivity contribution in [1.29, 1.82) is 0 Å². The number of hydrogen-bond acceptors (Lipinski definition) is 8. The van der Waals surface area contributed by atoms with Crippen LogP contribution in [0.1, 0.15) is 67.7 Å². The van der Waals surface area contributed by atoms with Crippen molar-refractivity contribution in [2.75, 3.05) is 26.6 Å². The van der Waals surface area contributed by atoms with Crippen molar-refractivity contribution in [3.8, 4) is 28.4 Å². The van der Waals surface area contributed by atoms with E-state index in [0.717, 1.165) is 40.1 Å². The lowest BCUT2D eigenvalue weighted by atomic mass is 9.95. The molecule has 2 amide bonds. The molecule has 3 atom stereocenters. The lowest BCUT2D eigenvalue weighted by Crippen LogP contribution is -2.44. The number of H-pyrrole nitrogens is 1. The minimum atomic E-state index is -0.667. The number of aromatic nitrogens is 2. The molecule has 4 rings (SSSR count). The van der Waals surface area contributed by atoms with Gasteiger partial charge < -0.3 is 30.2 Å². The average molecular weight is 606 g/mol. The topological polar surface area (TPSA) is 144 Å². The van der Waals surface area contributed by atoms with E-state index in [2.05, 4.69) is 26.1 Å². The van der Waals surface area contributed by atoms with Gasteiger partial charge in [0.05, 0.1) is 38.8 Å². The van der Waals surface area contributed by atoms with Gasteiger partial charge in [0.2, 0.25) is 23.0 Å². The monoisotopic (exact) mass is 605 g/mol. The molecule has 1 heterocycles. The summed E-state index contributed by atoms with van der Waals surface area (Å²) >= 11 is 0. The van der Waals surface area contributed by atoms with Gasteiger partial charge in [-0.2, -0.15) is 5.10 Å². The Morgan fingerprint density at radius 2 is 1.82 bits per heavy atom. The van der Waals surface area contributed by atoms with Gasteiger partial charge in [0, 0.05) is 30.3 Å². The van der Waals surface area contributed by atoms with Crippen LogP contribution >= 0.6 is 0 Å². The van der Waals surface area contributed by atoms with Gasteiger partial charge in [0.1, 0.15) is 6.04 Å². The SMILES string of the molecule is CC[C@H](C)[C@@H](Nc1ccc2c(cc1=O)[C@H](NC(C)=O)CCc1cc(OC)c(OC)c(OC)c1-2)C(=O)NCc1c(C)n[nH]c1C. The highest BCUT2D eigenvalue weighted by Gasteiger charge is 2.30. The molecular weight excluding hydrogens is 562 g/mol. The predicted molar refractivity (Wildman–Crippen MR) is 169 cm³/mol. The van der Waals surface area contributed by atoms with E-state index >= 15 is 0 Å². The molecule has 0 spiro atoms. The van der Waals surface area contributed by atoms with E-state index in [1.807, 2.05) is 39.8 Å². The molecule has 4 N–H and O–H groups in total. The van der Waals surface area contributed by atoms with Gasteiger partial charge in [-0.05, 0) is 67.5 Å². The minimum Gasteiger partial charge on any atom is -0.493 e. The summed E-state index contributed by atoms with van der Waals surface area (Å²) in [6.45, 7) is 9.56. The molecule has 0 aliphatic heterocycles. The first kappa shape index (κ1) is 32.4. The van der Waals surface area contributed by atoms with E-state index in [0.29, 0.717) is 42.2 Å². The van der Waals surface area contributed by atoms with E-state index in [9.17, 15) is 14.4 Å². The summed E-state index contributed by atoms with van der Waals surface area (Å²) in [6, 6.07) is 5.90. The van der Waals surface area contributed by atoms with Gasteiger partial charge >= 0.3 is 0 Å². The first-order chi connectivity index (χ1) is 21.0. The van der Waals surface area contributed by atoms with Gasteiger partial charge in [0.15, 0.2) is 11.5 Å². The van der Waals surface area contributed by atoms with Crippen molar-refractivity contribution in [2.45, 2.75) is 72.5 Å². The third kappa shape index (κ3) is 6.51. The molecule has 1 aliphatic rings. The van der Waals surface area contributed by atoms with Gasteiger partial charge in [-0.3, -0.25) is 19.5 Å². The third-order valence-corrected chi connectivity index (χ3v) is 8.44. The highest BCUT2D eigenvalue weighted by Crippen LogP contribution is 2.50. The number of carbonyl (C=O) groups excluding carboxylic acids is 2. The average Bonchev–Trinajstić information content (AvgIpc) is 3.15. The fourth-order valence-corrected chi connectivity index (χ4v) is 5.82. The van der Waals surface area contributed by atoms with Crippen LogP contribution < -0.4 is 35.6 Å². The first-order valence-corrected chi connectivity index (χ1v) is 14.9. The van der Waals surface area contributed by atoms with E-state index < -0.39 is 12.1 Å². The quantitative estimate of drug-likeness (QED) is 0.253. The largest absolute Gasteiger partial charge is 0.493 e. The number of benzene rings is 1. The summed E-state index contributed by atoms with van der Waals surface area (Å²) in [4.78, 5) is 39.6. The molecule has 0 saturated carbocycles. The number of aromatic amines is 1. The zero-order valence-corrected chi connectivity index (χ0v) is 26.8. The lowest BCUT2D eigenvalue weighted by Gasteiger charge is -2.24. The fraction of sp³-hybridized carbons (Fsp3) is 0.455. The highest BCUT2D eigenvalue weighted by molar-refractivity contribution is 5.86. The van der Waals surface area contributed by atoms with Crippen LogP contribution in [0, 0.1) is 19.8 Å². The normalized spacial score (nSPS) is 15.1. The molecule has 44 heavy (non-hydrogen) atoms. The Balaban J connectivity index is 1.82. The van der Waals surface area contributed by atoms with Gasteiger partial charge in [0.25, 0.3) is 0 Å². The van der Waals surface area contributed by atoms with Crippen LogP contribution in [0.25, 0.3) is 11.1 Å². The summed E-state index contributed by atoms with van der Waals surface area (Å²) in [7, 11) is 4.67. The van der Waals surface area contributed by atoms with Crippen molar-refractivity contribution >= 4 is 17.5 Å². The fourth-order valence-electron chi connectivity index (χ4n) is 5.82. The van der Waals surface area contributed by atoms with E-state index in [-0.39, 0.29) is 28.8 Å². The molecule has 1 aromatic heterocycles. The Morgan fingerprint density at radius 1 is 1.09 bits per heavy atom. The zero-order chi connectivity index (χ0) is 32.1. The summed E-state index contributed by atoms with van der Waals surface area (Å²) in [5.74, 6) is 0.935. The zero-order valence-electron chi connectivity index (χ0n) is 26.8. The summed E-state index contributed by atoms with van der Waals surface area (Å²) in [5, 5.41) is 16.4. The number of amides is 2. The summed E-state index contributed by atoms with van der Waals surface area (Å²) < 4.78 is 17.1. The molecule has 3 aromatic rings. The standard InChI is InChI=1S/C33H43N5O6/c1-9-17(2)30(33(41)34-16-24-18(3)37-38-19(24)4)36-26-13-11-22-23(15-27(26)40)25(35-20(5)39)12-10-21-14-28(42-6)31(43-7)32(44-8)29(21)22/h11,13-15,17,25,30H,9-10,12,16H2,1-8H3,(H,34,41)(H,35,39)(H,36,40)(H,37,38)/t17-,25+,30+/m0/s1. The molecule has 2 aromatic carbocycles. The Hall–Kier alpha value is -4.54. The summed E-state index contributed by atoms with van der Waals surface area (Å²) in [6.07, 6.45) is 1.87. The Kier molecular flexibility index (Phi) is 10.2. The lowest BCUT2D eigenvalue weighted by molar-refractivity contribution is -0.123. The number of aryl methyl sites for hydroxylation is 3. The highest BCUT2D eigenvalue weighted by atomic mass is 16.5. The van der Waals surface area contributed by atoms with Gasteiger partial charge in [-0.25, -0.2) is 0 Å². The number of anilines is 1. The molecule has 0 unspecified atom stereocenters. The van der Waals surface area contributed by atoms with Crippen LogP contribution in [0.15, 0.2) is 29.1 Å². The van der Waals surface area contributed by atoms with Crippen molar-refractivity contribution in [3.05, 3.63) is 62.6 Å². The van der Waals surface area contributed by atoms with Crippen molar-refractivity contribution in [1.82, 2.24) is 20.8 Å². The summed E-state index contributed by atoms with van der Waals surface area (Å²) in [5.41, 5.74) is 5.70. The van der Waals surface area contributed by atoms with Crippen molar-refractivity contribution in [3.63, 3.8) is 0 Å².